The van der Waals surface area contributed by atoms with Gasteiger partial charge in [-0.15, -0.1) is 0 Å². The highest BCUT2D eigenvalue weighted by molar-refractivity contribution is 7.07. The summed E-state index contributed by atoms with van der Waals surface area (Å²) in [4.78, 5) is 4.38. The highest BCUT2D eigenvalue weighted by Gasteiger charge is 2.10. The standard InChI is InChI=1S/C14H21N3S/c1-3-15-13(10-12-6-9-18-11-12)4-5-14-16-7-8-17(14)2/h6-9,11,13,15H,3-5,10H2,1-2H3. The number of likely N-dealkylation sites (N-methyl/N-ethyl adjacent to an activating group) is 1. The zero-order valence-electron chi connectivity index (χ0n) is 11.1. The molecule has 98 valence electrons. The lowest BCUT2D eigenvalue weighted by Crippen LogP contribution is -2.31. The molecule has 0 aliphatic heterocycles. The zero-order chi connectivity index (χ0) is 12.8. The number of imidazole rings is 1. The second kappa shape index (κ2) is 6.71. The van der Waals surface area contributed by atoms with E-state index >= 15 is 0 Å². The second-order valence-electron chi connectivity index (χ2n) is 4.58. The lowest BCUT2D eigenvalue weighted by molar-refractivity contribution is 0.483. The van der Waals surface area contributed by atoms with Gasteiger partial charge in [-0.05, 0) is 41.8 Å². The van der Waals surface area contributed by atoms with E-state index in [9.17, 15) is 0 Å². The molecule has 0 saturated heterocycles. The van der Waals surface area contributed by atoms with E-state index < -0.39 is 0 Å². The van der Waals surface area contributed by atoms with Crippen molar-refractivity contribution in [3.8, 4) is 0 Å². The van der Waals surface area contributed by atoms with E-state index in [-0.39, 0.29) is 0 Å². The molecule has 0 saturated carbocycles. The SMILES string of the molecule is CCNC(CCc1nccn1C)Cc1ccsc1. The van der Waals surface area contributed by atoms with Crippen molar-refractivity contribution in [1.29, 1.82) is 0 Å². The van der Waals surface area contributed by atoms with Crippen molar-refractivity contribution in [2.75, 3.05) is 6.54 Å². The largest absolute Gasteiger partial charge is 0.338 e. The summed E-state index contributed by atoms with van der Waals surface area (Å²) in [6, 6.07) is 2.76. The van der Waals surface area contributed by atoms with Crippen molar-refractivity contribution in [3.05, 3.63) is 40.6 Å². The highest BCUT2D eigenvalue weighted by Crippen LogP contribution is 2.12. The van der Waals surface area contributed by atoms with E-state index in [4.69, 9.17) is 0 Å². The molecule has 1 atom stereocenters. The first-order valence-corrected chi connectivity index (χ1v) is 7.44. The molecule has 1 N–H and O–H groups in total. The molecular weight excluding hydrogens is 242 g/mol. The van der Waals surface area contributed by atoms with Crippen LogP contribution in [0.3, 0.4) is 0 Å². The topological polar surface area (TPSA) is 29.9 Å². The Morgan fingerprint density at radius 1 is 1.50 bits per heavy atom. The molecule has 18 heavy (non-hydrogen) atoms. The normalized spacial score (nSPS) is 12.8. The third-order valence-corrected chi connectivity index (χ3v) is 3.92. The Morgan fingerprint density at radius 2 is 2.39 bits per heavy atom. The summed E-state index contributed by atoms with van der Waals surface area (Å²) in [5.74, 6) is 1.17. The fraction of sp³-hybridized carbons (Fsp3) is 0.500. The predicted octanol–water partition coefficient (Wildman–Crippen LogP) is 2.64. The van der Waals surface area contributed by atoms with Gasteiger partial charge in [0.05, 0.1) is 0 Å². The Bertz CT molecular complexity index is 447. The van der Waals surface area contributed by atoms with Crippen LogP contribution in [0.25, 0.3) is 0 Å². The molecule has 0 aliphatic carbocycles. The van der Waals surface area contributed by atoms with Crippen molar-refractivity contribution in [2.45, 2.75) is 32.2 Å². The van der Waals surface area contributed by atoms with E-state index in [1.54, 1.807) is 11.3 Å². The number of thiophene rings is 1. The fourth-order valence-electron chi connectivity index (χ4n) is 2.20. The van der Waals surface area contributed by atoms with Gasteiger partial charge < -0.3 is 9.88 Å². The molecule has 4 heteroatoms. The third-order valence-electron chi connectivity index (χ3n) is 3.19. The Balaban J connectivity index is 1.88. The minimum Gasteiger partial charge on any atom is -0.338 e. The monoisotopic (exact) mass is 263 g/mol. The van der Waals surface area contributed by atoms with Gasteiger partial charge in [-0.1, -0.05) is 6.92 Å². The first-order chi connectivity index (χ1) is 8.79. The van der Waals surface area contributed by atoms with E-state index in [2.05, 4.69) is 45.7 Å². The second-order valence-corrected chi connectivity index (χ2v) is 5.36. The molecule has 0 radical (unpaired) electrons. The molecule has 0 aliphatic rings. The summed E-state index contributed by atoms with van der Waals surface area (Å²) in [6.07, 6.45) is 7.16. The van der Waals surface area contributed by atoms with Gasteiger partial charge >= 0.3 is 0 Å². The fourth-order valence-corrected chi connectivity index (χ4v) is 2.88. The molecule has 0 amide bonds. The number of aryl methyl sites for hydroxylation is 2. The van der Waals surface area contributed by atoms with Crippen LogP contribution in [0.15, 0.2) is 29.2 Å². The first-order valence-electron chi connectivity index (χ1n) is 6.50. The Labute approximate surface area is 113 Å². The van der Waals surface area contributed by atoms with Crippen molar-refractivity contribution in [2.24, 2.45) is 7.05 Å². The maximum absolute atomic E-state index is 4.38. The molecule has 2 rings (SSSR count). The van der Waals surface area contributed by atoms with Crippen molar-refractivity contribution in [1.82, 2.24) is 14.9 Å². The quantitative estimate of drug-likeness (QED) is 0.832. The van der Waals surface area contributed by atoms with Crippen LogP contribution in [0.2, 0.25) is 0 Å². The first kappa shape index (κ1) is 13.3. The lowest BCUT2D eigenvalue weighted by atomic mass is 10.0. The number of rotatable bonds is 7. The van der Waals surface area contributed by atoms with Crippen LogP contribution in [0.5, 0.6) is 0 Å². The average molecular weight is 263 g/mol. The number of aromatic nitrogens is 2. The number of hydrogen-bond donors (Lipinski definition) is 1. The Hall–Kier alpha value is -1.13. The predicted molar refractivity (Wildman–Crippen MR) is 77.0 cm³/mol. The van der Waals surface area contributed by atoms with Crippen LogP contribution in [0, 0.1) is 0 Å². The van der Waals surface area contributed by atoms with Crippen molar-refractivity contribution >= 4 is 11.3 Å². The van der Waals surface area contributed by atoms with Crippen LogP contribution in [0.4, 0.5) is 0 Å². The molecule has 1 unspecified atom stereocenters. The van der Waals surface area contributed by atoms with Gasteiger partial charge in [0.1, 0.15) is 5.82 Å². The number of nitrogens with zero attached hydrogens (tertiary/aromatic N) is 2. The summed E-state index contributed by atoms with van der Waals surface area (Å²) in [7, 11) is 2.06. The molecule has 0 fully saturated rings. The molecule has 0 spiro atoms. The Kier molecular flexibility index (Phi) is 4.96. The number of nitrogens with one attached hydrogen (secondary N) is 1. The molecule has 0 bridgehead atoms. The van der Waals surface area contributed by atoms with Crippen LogP contribution in [0.1, 0.15) is 24.7 Å². The average Bonchev–Trinajstić information content (AvgIpc) is 2.98. The molecule has 2 aromatic heterocycles. The summed E-state index contributed by atoms with van der Waals surface area (Å²) < 4.78 is 2.10. The summed E-state index contributed by atoms with van der Waals surface area (Å²) in [5, 5.41) is 7.96. The van der Waals surface area contributed by atoms with Gasteiger partial charge in [-0.3, -0.25) is 0 Å². The highest BCUT2D eigenvalue weighted by atomic mass is 32.1. The molecule has 2 heterocycles. The van der Waals surface area contributed by atoms with Gasteiger partial charge in [0.2, 0.25) is 0 Å². The van der Waals surface area contributed by atoms with Crippen LogP contribution in [-0.2, 0) is 19.9 Å². The molecule has 3 nitrogen and oxygen atoms in total. The molecular formula is C14H21N3S. The van der Waals surface area contributed by atoms with Gasteiger partial charge in [0.25, 0.3) is 0 Å². The van der Waals surface area contributed by atoms with E-state index in [1.807, 2.05) is 12.4 Å². The van der Waals surface area contributed by atoms with Crippen LogP contribution >= 0.6 is 11.3 Å². The minimum absolute atomic E-state index is 0.543. The van der Waals surface area contributed by atoms with Gasteiger partial charge in [-0.25, -0.2) is 4.98 Å². The van der Waals surface area contributed by atoms with Crippen LogP contribution < -0.4 is 5.32 Å². The van der Waals surface area contributed by atoms with Crippen molar-refractivity contribution < 1.29 is 0 Å². The van der Waals surface area contributed by atoms with E-state index in [0.29, 0.717) is 6.04 Å². The van der Waals surface area contributed by atoms with Crippen molar-refractivity contribution in [3.63, 3.8) is 0 Å². The van der Waals surface area contributed by atoms with Gasteiger partial charge in [0.15, 0.2) is 0 Å². The van der Waals surface area contributed by atoms with E-state index in [1.165, 1.54) is 11.4 Å². The molecule has 2 aromatic rings. The smallest absolute Gasteiger partial charge is 0.108 e. The van der Waals surface area contributed by atoms with Gasteiger partial charge in [0, 0.05) is 31.9 Å². The zero-order valence-corrected chi connectivity index (χ0v) is 11.9. The Morgan fingerprint density at radius 3 is 3.00 bits per heavy atom. The minimum atomic E-state index is 0.543. The summed E-state index contributed by atoms with van der Waals surface area (Å²) in [6.45, 7) is 3.19. The summed E-state index contributed by atoms with van der Waals surface area (Å²) >= 11 is 1.77. The van der Waals surface area contributed by atoms with Crippen LogP contribution in [-0.4, -0.2) is 22.1 Å². The third kappa shape index (κ3) is 3.68. The lowest BCUT2D eigenvalue weighted by Gasteiger charge is -2.17. The summed E-state index contributed by atoms with van der Waals surface area (Å²) in [5.41, 5.74) is 1.44. The van der Waals surface area contributed by atoms with E-state index in [0.717, 1.165) is 25.8 Å². The number of hydrogen-bond acceptors (Lipinski definition) is 3. The van der Waals surface area contributed by atoms with Gasteiger partial charge in [-0.2, -0.15) is 11.3 Å². The maximum Gasteiger partial charge on any atom is 0.108 e. The molecule has 0 aromatic carbocycles. The maximum atomic E-state index is 4.38.